The Balaban J connectivity index is 1.78. The van der Waals surface area contributed by atoms with Gasteiger partial charge in [0.05, 0.1) is 12.6 Å². The summed E-state index contributed by atoms with van der Waals surface area (Å²) >= 11 is 0. The zero-order chi connectivity index (χ0) is 13.2. The van der Waals surface area contributed by atoms with Crippen LogP contribution in [0.1, 0.15) is 20.3 Å². The fourth-order valence-corrected chi connectivity index (χ4v) is 2.51. The number of rotatable bonds is 3. The molecule has 2 atom stereocenters. The normalized spacial score (nSPS) is 33.9. The van der Waals surface area contributed by atoms with Gasteiger partial charge in [0.15, 0.2) is 0 Å². The second-order valence-corrected chi connectivity index (χ2v) is 5.72. The summed E-state index contributed by atoms with van der Waals surface area (Å²) < 4.78 is 5.57. The van der Waals surface area contributed by atoms with Crippen molar-refractivity contribution < 1.29 is 9.53 Å². The molecule has 0 aliphatic carbocycles. The van der Waals surface area contributed by atoms with Crippen LogP contribution in [0, 0.1) is 0 Å². The van der Waals surface area contributed by atoms with Gasteiger partial charge in [-0.3, -0.25) is 4.79 Å². The van der Waals surface area contributed by atoms with Crippen LogP contribution >= 0.6 is 0 Å². The van der Waals surface area contributed by atoms with Crippen LogP contribution in [0.5, 0.6) is 0 Å². The number of carbonyl (C=O) groups is 1. The molecule has 5 heteroatoms. The maximum atomic E-state index is 12.1. The van der Waals surface area contributed by atoms with Crippen LogP contribution in [0.2, 0.25) is 0 Å². The number of amides is 1. The van der Waals surface area contributed by atoms with E-state index in [-0.39, 0.29) is 17.6 Å². The van der Waals surface area contributed by atoms with Gasteiger partial charge >= 0.3 is 0 Å². The summed E-state index contributed by atoms with van der Waals surface area (Å²) in [6, 6.07) is 0. The summed E-state index contributed by atoms with van der Waals surface area (Å²) in [7, 11) is 2.10. The summed E-state index contributed by atoms with van der Waals surface area (Å²) in [5.74, 6) is 0.212. The summed E-state index contributed by atoms with van der Waals surface area (Å²) in [5, 5.41) is 3.39. The van der Waals surface area contributed by atoms with E-state index in [0.717, 1.165) is 39.2 Å². The molecule has 0 aromatic carbocycles. The highest BCUT2D eigenvalue weighted by atomic mass is 16.5. The first-order valence-electron chi connectivity index (χ1n) is 6.84. The first-order chi connectivity index (χ1) is 8.51. The molecule has 2 aliphatic rings. The number of ether oxygens (including phenoxy) is 1. The van der Waals surface area contributed by atoms with Gasteiger partial charge in [0, 0.05) is 38.3 Å². The van der Waals surface area contributed by atoms with Crippen molar-refractivity contribution in [3.8, 4) is 0 Å². The third kappa shape index (κ3) is 3.02. The minimum absolute atomic E-state index is 0.0533. The van der Waals surface area contributed by atoms with E-state index in [0.29, 0.717) is 6.54 Å². The summed E-state index contributed by atoms with van der Waals surface area (Å²) in [4.78, 5) is 16.3. The standard InChI is InChI=1S/C13H25N3O2/c1-11-13(2,4-9-18-11)14-10-12(17)16-7-5-15(3)6-8-16/h11,14H,4-10H2,1-3H3. The molecule has 0 bridgehead atoms. The molecular formula is C13H25N3O2. The minimum Gasteiger partial charge on any atom is -0.377 e. The van der Waals surface area contributed by atoms with Crippen LogP contribution < -0.4 is 5.32 Å². The van der Waals surface area contributed by atoms with Gasteiger partial charge < -0.3 is 19.9 Å². The van der Waals surface area contributed by atoms with Crippen molar-refractivity contribution in [1.29, 1.82) is 0 Å². The van der Waals surface area contributed by atoms with Crippen LogP contribution in [0.3, 0.4) is 0 Å². The van der Waals surface area contributed by atoms with Crippen LogP contribution in [0.15, 0.2) is 0 Å². The summed E-state index contributed by atoms with van der Waals surface area (Å²) in [6.45, 7) is 9.06. The second kappa shape index (κ2) is 5.55. The van der Waals surface area contributed by atoms with Crippen molar-refractivity contribution in [2.24, 2.45) is 0 Å². The monoisotopic (exact) mass is 255 g/mol. The molecule has 0 saturated carbocycles. The molecule has 2 unspecified atom stereocenters. The molecule has 2 saturated heterocycles. The maximum absolute atomic E-state index is 12.1. The highest BCUT2D eigenvalue weighted by Gasteiger charge is 2.37. The molecule has 1 amide bonds. The third-order valence-electron chi connectivity index (χ3n) is 4.39. The van der Waals surface area contributed by atoms with E-state index in [1.165, 1.54) is 0 Å². The Morgan fingerprint density at radius 3 is 2.61 bits per heavy atom. The minimum atomic E-state index is -0.0533. The SMILES string of the molecule is CC1OCCC1(C)NCC(=O)N1CCN(C)CC1. The molecular weight excluding hydrogens is 230 g/mol. The van der Waals surface area contributed by atoms with E-state index in [1.54, 1.807) is 0 Å². The van der Waals surface area contributed by atoms with Crippen molar-refractivity contribution in [2.75, 3.05) is 46.4 Å². The van der Waals surface area contributed by atoms with Gasteiger partial charge in [0.1, 0.15) is 0 Å². The summed E-state index contributed by atoms with van der Waals surface area (Å²) in [6.07, 6.45) is 1.15. The highest BCUT2D eigenvalue weighted by molar-refractivity contribution is 5.78. The third-order valence-corrected chi connectivity index (χ3v) is 4.39. The molecule has 104 valence electrons. The lowest BCUT2D eigenvalue weighted by Gasteiger charge is -2.34. The number of hydrogen-bond acceptors (Lipinski definition) is 4. The second-order valence-electron chi connectivity index (χ2n) is 5.72. The summed E-state index contributed by atoms with van der Waals surface area (Å²) in [5.41, 5.74) is -0.0533. The zero-order valence-corrected chi connectivity index (χ0v) is 11.7. The van der Waals surface area contributed by atoms with E-state index in [9.17, 15) is 4.79 Å². The molecule has 0 radical (unpaired) electrons. The lowest BCUT2D eigenvalue weighted by molar-refractivity contribution is -0.132. The van der Waals surface area contributed by atoms with E-state index in [4.69, 9.17) is 4.74 Å². The number of piperazine rings is 1. The molecule has 2 fully saturated rings. The van der Waals surface area contributed by atoms with Crippen LogP contribution in [0.25, 0.3) is 0 Å². The highest BCUT2D eigenvalue weighted by Crippen LogP contribution is 2.24. The zero-order valence-electron chi connectivity index (χ0n) is 11.7. The van der Waals surface area contributed by atoms with Crippen LogP contribution in [-0.4, -0.2) is 73.7 Å². The van der Waals surface area contributed by atoms with Gasteiger partial charge in [-0.25, -0.2) is 0 Å². The van der Waals surface area contributed by atoms with Crippen molar-refractivity contribution in [3.63, 3.8) is 0 Å². The van der Waals surface area contributed by atoms with Gasteiger partial charge in [-0.1, -0.05) is 0 Å². The molecule has 0 aromatic heterocycles. The van der Waals surface area contributed by atoms with Gasteiger partial charge in [-0.15, -0.1) is 0 Å². The molecule has 0 spiro atoms. The Labute approximate surface area is 109 Å². The van der Waals surface area contributed by atoms with Crippen molar-refractivity contribution in [2.45, 2.75) is 31.9 Å². The first kappa shape index (κ1) is 13.8. The van der Waals surface area contributed by atoms with E-state index in [2.05, 4.69) is 31.1 Å². The van der Waals surface area contributed by atoms with Gasteiger partial charge in [0.2, 0.25) is 5.91 Å². The Kier molecular flexibility index (Phi) is 4.25. The van der Waals surface area contributed by atoms with Gasteiger partial charge in [-0.05, 0) is 27.3 Å². The van der Waals surface area contributed by atoms with Gasteiger partial charge in [0.25, 0.3) is 0 Å². The predicted molar refractivity (Wildman–Crippen MR) is 70.5 cm³/mol. The molecule has 0 aromatic rings. The van der Waals surface area contributed by atoms with Gasteiger partial charge in [-0.2, -0.15) is 0 Å². The Morgan fingerprint density at radius 1 is 1.39 bits per heavy atom. The molecule has 18 heavy (non-hydrogen) atoms. The molecule has 2 rings (SSSR count). The molecule has 5 nitrogen and oxygen atoms in total. The van der Waals surface area contributed by atoms with Crippen molar-refractivity contribution >= 4 is 5.91 Å². The number of nitrogens with zero attached hydrogens (tertiary/aromatic N) is 2. The fourth-order valence-electron chi connectivity index (χ4n) is 2.51. The number of hydrogen-bond donors (Lipinski definition) is 1. The quantitative estimate of drug-likeness (QED) is 0.766. The molecule has 2 heterocycles. The Bertz CT molecular complexity index is 303. The van der Waals surface area contributed by atoms with Crippen LogP contribution in [-0.2, 0) is 9.53 Å². The lowest BCUT2D eigenvalue weighted by Crippen LogP contribution is -2.54. The average molecular weight is 255 g/mol. The first-order valence-corrected chi connectivity index (χ1v) is 6.84. The van der Waals surface area contributed by atoms with Crippen molar-refractivity contribution in [3.05, 3.63) is 0 Å². The van der Waals surface area contributed by atoms with E-state index >= 15 is 0 Å². The molecule has 2 aliphatic heterocycles. The largest absolute Gasteiger partial charge is 0.377 e. The fraction of sp³-hybridized carbons (Fsp3) is 0.923. The number of likely N-dealkylation sites (N-methyl/N-ethyl adjacent to an activating group) is 1. The number of nitrogens with one attached hydrogen (secondary N) is 1. The predicted octanol–water partition coefficient (Wildman–Crippen LogP) is -0.0825. The van der Waals surface area contributed by atoms with E-state index in [1.807, 2.05) is 4.90 Å². The smallest absolute Gasteiger partial charge is 0.236 e. The molecule has 1 N–H and O–H groups in total. The van der Waals surface area contributed by atoms with Crippen LogP contribution in [0.4, 0.5) is 0 Å². The Morgan fingerprint density at radius 2 is 2.06 bits per heavy atom. The average Bonchev–Trinajstić information content (AvgIpc) is 2.68. The topological polar surface area (TPSA) is 44.8 Å². The lowest BCUT2D eigenvalue weighted by atomic mass is 9.95. The van der Waals surface area contributed by atoms with Crippen molar-refractivity contribution in [1.82, 2.24) is 15.1 Å². The maximum Gasteiger partial charge on any atom is 0.236 e. The van der Waals surface area contributed by atoms with E-state index < -0.39 is 0 Å². The number of carbonyl (C=O) groups excluding carboxylic acids is 1. The Hall–Kier alpha value is -0.650.